The maximum atomic E-state index is 12.3. The van der Waals surface area contributed by atoms with Crippen molar-refractivity contribution in [2.45, 2.75) is 26.3 Å². The van der Waals surface area contributed by atoms with Gasteiger partial charge in [0.2, 0.25) is 0 Å². The molecule has 0 aliphatic carbocycles. The van der Waals surface area contributed by atoms with Crippen LogP contribution in [0.1, 0.15) is 29.4 Å². The van der Waals surface area contributed by atoms with Crippen molar-refractivity contribution in [3.63, 3.8) is 0 Å². The van der Waals surface area contributed by atoms with E-state index < -0.39 is 0 Å². The Bertz CT molecular complexity index is 404. The topological polar surface area (TPSA) is 33.2 Å². The molecule has 1 aliphatic rings. The highest BCUT2D eigenvalue weighted by molar-refractivity contribution is 9.09. The molecule has 1 fully saturated rings. The lowest BCUT2D eigenvalue weighted by Gasteiger charge is -2.25. The quantitative estimate of drug-likeness (QED) is 0.786. The monoisotopic (exact) mass is 296 g/mol. The van der Waals surface area contributed by atoms with E-state index in [0.29, 0.717) is 17.5 Å². The van der Waals surface area contributed by atoms with Crippen LogP contribution in [-0.4, -0.2) is 33.7 Å². The predicted octanol–water partition coefficient (Wildman–Crippen LogP) is 2.64. The van der Waals surface area contributed by atoms with Crippen molar-refractivity contribution in [3.05, 3.63) is 29.6 Å². The summed E-state index contributed by atoms with van der Waals surface area (Å²) in [5.41, 5.74) is 1.63. The minimum Gasteiger partial charge on any atom is -0.334 e. The molecule has 1 saturated heterocycles. The highest BCUT2D eigenvalue weighted by Gasteiger charge is 2.33. The first kappa shape index (κ1) is 12.6. The minimum absolute atomic E-state index is 0.103. The van der Waals surface area contributed by atoms with Gasteiger partial charge in [-0.2, -0.15) is 0 Å². The third kappa shape index (κ3) is 2.51. The van der Waals surface area contributed by atoms with Crippen molar-refractivity contribution in [1.29, 1.82) is 0 Å². The molecule has 1 amide bonds. The van der Waals surface area contributed by atoms with Gasteiger partial charge < -0.3 is 4.90 Å². The van der Waals surface area contributed by atoms with E-state index in [1.54, 1.807) is 6.20 Å². The molecule has 2 unspecified atom stereocenters. The number of rotatable bonds is 2. The van der Waals surface area contributed by atoms with Gasteiger partial charge in [-0.05, 0) is 31.4 Å². The van der Waals surface area contributed by atoms with Crippen LogP contribution in [-0.2, 0) is 0 Å². The Labute approximate surface area is 110 Å². The molecule has 0 saturated carbocycles. The largest absolute Gasteiger partial charge is 0.334 e. The average Bonchev–Trinajstić information content (AvgIpc) is 2.70. The molecule has 4 heteroatoms. The van der Waals surface area contributed by atoms with E-state index >= 15 is 0 Å². The van der Waals surface area contributed by atoms with Gasteiger partial charge in [-0.25, -0.2) is 0 Å². The summed E-state index contributed by atoms with van der Waals surface area (Å²) in [4.78, 5) is 18.5. The molecule has 92 valence electrons. The number of aryl methyl sites for hydroxylation is 1. The van der Waals surface area contributed by atoms with Gasteiger partial charge in [0, 0.05) is 29.8 Å². The van der Waals surface area contributed by atoms with E-state index in [4.69, 9.17) is 0 Å². The number of nitrogens with zero attached hydrogens (tertiary/aromatic N) is 2. The lowest BCUT2D eigenvalue weighted by Crippen LogP contribution is -2.38. The molecule has 0 aromatic carbocycles. The molecular weight excluding hydrogens is 280 g/mol. The van der Waals surface area contributed by atoms with Crippen LogP contribution in [0.2, 0.25) is 0 Å². The Kier molecular flexibility index (Phi) is 3.82. The zero-order chi connectivity index (χ0) is 12.4. The average molecular weight is 297 g/mol. The molecule has 1 aliphatic heterocycles. The number of carbonyl (C=O) groups excluding carboxylic acids is 1. The molecule has 1 aromatic rings. The van der Waals surface area contributed by atoms with E-state index in [-0.39, 0.29) is 5.91 Å². The molecule has 0 bridgehead atoms. The first-order chi connectivity index (χ1) is 8.13. The molecule has 1 aromatic heterocycles. The molecule has 3 nitrogen and oxygen atoms in total. The fourth-order valence-electron chi connectivity index (χ4n) is 2.26. The number of alkyl halides is 1. The lowest BCUT2D eigenvalue weighted by atomic mass is 10.0. The first-order valence-electron chi connectivity index (χ1n) is 5.93. The number of halogens is 1. The number of pyridine rings is 1. The normalized spacial score (nSPS) is 24.1. The summed E-state index contributed by atoms with van der Waals surface area (Å²) in [6.45, 7) is 4.98. The standard InChI is InChI=1S/C13H17BrN2O/c1-9-5-6-16(12(9)7-14)13(17)11-4-3-10(2)15-8-11/h3-4,8-9,12H,5-7H2,1-2H3. The highest BCUT2D eigenvalue weighted by Crippen LogP contribution is 2.26. The second-order valence-electron chi connectivity index (χ2n) is 4.67. The van der Waals surface area contributed by atoms with Gasteiger partial charge in [0.1, 0.15) is 0 Å². The summed E-state index contributed by atoms with van der Waals surface area (Å²) in [5, 5.41) is 0.846. The third-order valence-corrected chi connectivity index (χ3v) is 4.12. The van der Waals surface area contributed by atoms with Crippen LogP contribution < -0.4 is 0 Å². The van der Waals surface area contributed by atoms with Gasteiger partial charge in [-0.15, -0.1) is 0 Å². The highest BCUT2D eigenvalue weighted by atomic mass is 79.9. The number of hydrogen-bond donors (Lipinski definition) is 0. The van der Waals surface area contributed by atoms with Crippen molar-refractivity contribution in [2.24, 2.45) is 5.92 Å². The first-order valence-corrected chi connectivity index (χ1v) is 7.05. The number of likely N-dealkylation sites (tertiary alicyclic amines) is 1. The zero-order valence-corrected chi connectivity index (χ0v) is 11.8. The summed E-state index contributed by atoms with van der Waals surface area (Å²) >= 11 is 3.50. The van der Waals surface area contributed by atoms with Crippen LogP contribution in [0.5, 0.6) is 0 Å². The zero-order valence-electron chi connectivity index (χ0n) is 10.2. The van der Waals surface area contributed by atoms with E-state index in [2.05, 4.69) is 27.8 Å². The molecular formula is C13H17BrN2O. The Morgan fingerprint density at radius 1 is 1.59 bits per heavy atom. The molecule has 2 rings (SSSR count). The molecule has 2 heterocycles. The Morgan fingerprint density at radius 3 is 2.94 bits per heavy atom. The second kappa shape index (κ2) is 5.17. The third-order valence-electron chi connectivity index (χ3n) is 3.46. The van der Waals surface area contributed by atoms with Crippen LogP contribution in [0.3, 0.4) is 0 Å². The number of hydrogen-bond acceptors (Lipinski definition) is 2. The Balaban J connectivity index is 2.17. The fourth-order valence-corrected chi connectivity index (χ4v) is 3.24. The van der Waals surface area contributed by atoms with E-state index in [1.165, 1.54) is 0 Å². The van der Waals surface area contributed by atoms with Crippen molar-refractivity contribution >= 4 is 21.8 Å². The van der Waals surface area contributed by atoms with Crippen LogP contribution in [0.4, 0.5) is 0 Å². The summed E-state index contributed by atoms with van der Waals surface area (Å²) in [7, 11) is 0. The molecule has 17 heavy (non-hydrogen) atoms. The maximum Gasteiger partial charge on any atom is 0.255 e. The van der Waals surface area contributed by atoms with Crippen molar-refractivity contribution < 1.29 is 4.79 Å². The van der Waals surface area contributed by atoms with Crippen molar-refractivity contribution in [2.75, 3.05) is 11.9 Å². The summed E-state index contributed by atoms with van der Waals surface area (Å²) in [5.74, 6) is 0.669. The van der Waals surface area contributed by atoms with Crippen LogP contribution in [0.25, 0.3) is 0 Å². The summed E-state index contributed by atoms with van der Waals surface area (Å²) < 4.78 is 0. The van der Waals surface area contributed by atoms with Crippen molar-refractivity contribution in [1.82, 2.24) is 9.88 Å². The van der Waals surface area contributed by atoms with Gasteiger partial charge in [0.05, 0.1) is 5.56 Å². The molecule has 0 radical (unpaired) electrons. The molecule has 2 atom stereocenters. The van der Waals surface area contributed by atoms with Gasteiger partial charge in [0.15, 0.2) is 0 Å². The number of carbonyl (C=O) groups is 1. The number of aromatic nitrogens is 1. The lowest BCUT2D eigenvalue weighted by molar-refractivity contribution is 0.0738. The second-order valence-corrected chi connectivity index (χ2v) is 5.32. The van der Waals surface area contributed by atoms with Crippen LogP contribution in [0.15, 0.2) is 18.3 Å². The van der Waals surface area contributed by atoms with E-state index in [0.717, 1.165) is 24.0 Å². The van der Waals surface area contributed by atoms with Crippen molar-refractivity contribution in [3.8, 4) is 0 Å². The Hall–Kier alpha value is -0.900. The number of amides is 1. The van der Waals surface area contributed by atoms with Gasteiger partial charge in [0.25, 0.3) is 5.91 Å². The minimum atomic E-state index is 0.103. The van der Waals surface area contributed by atoms with Gasteiger partial charge in [-0.3, -0.25) is 9.78 Å². The predicted molar refractivity (Wildman–Crippen MR) is 71.4 cm³/mol. The van der Waals surface area contributed by atoms with E-state index in [1.807, 2.05) is 24.0 Å². The maximum absolute atomic E-state index is 12.3. The van der Waals surface area contributed by atoms with Crippen LogP contribution in [0, 0.1) is 12.8 Å². The van der Waals surface area contributed by atoms with Crippen LogP contribution >= 0.6 is 15.9 Å². The molecule has 0 N–H and O–H groups in total. The SMILES string of the molecule is Cc1ccc(C(=O)N2CCC(C)C2CBr)cn1. The summed E-state index contributed by atoms with van der Waals surface area (Å²) in [6.07, 6.45) is 2.76. The van der Waals surface area contributed by atoms with Gasteiger partial charge >= 0.3 is 0 Å². The summed E-state index contributed by atoms with van der Waals surface area (Å²) in [6, 6.07) is 4.05. The fraction of sp³-hybridized carbons (Fsp3) is 0.538. The Morgan fingerprint density at radius 2 is 2.35 bits per heavy atom. The molecule has 0 spiro atoms. The van der Waals surface area contributed by atoms with Gasteiger partial charge in [-0.1, -0.05) is 22.9 Å². The van der Waals surface area contributed by atoms with E-state index in [9.17, 15) is 4.79 Å². The smallest absolute Gasteiger partial charge is 0.255 e.